The first kappa shape index (κ1) is 21.1. The van der Waals surface area contributed by atoms with Gasteiger partial charge in [-0.25, -0.2) is 17.9 Å². The Kier molecular flexibility index (Phi) is 5.05. The molecule has 0 radical (unpaired) electrons. The van der Waals surface area contributed by atoms with Crippen LogP contribution in [0.3, 0.4) is 0 Å². The van der Waals surface area contributed by atoms with Crippen LogP contribution in [0.15, 0.2) is 23.1 Å². The Labute approximate surface area is 184 Å². The zero-order valence-corrected chi connectivity index (χ0v) is 19.0. The lowest BCUT2D eigenvalue weighted by atomic mass is 9.48. The van der Waals surface area contributed by atoms with E-state index in [4.69, 9.17) is 4.74 Å². The van der Waals surface area contributed by atoms with Gasteiger partial charge in [0.15, 0.2) is 11.9 Å². The van der Waals surface area contributed by atoms with Gasteiger partial charge in [-0.1, -0.05) is 6.07 Å². The fourth-order valence-electron chi connectivity index (χ4n) is 6.60. The van der Waals surface area contributed by atoms with E-state index < -0.39 is 22.1 Å². The minimum Gasteiger partial charge on any atom is -0.451 e. The topological polar surface area (TPSA) is 89.5 Å². The molecule has 0 aromatic heterocycles. The molecule has 31 heavy (non-hydrogen) atoms. The highest BCUT2D eigenvalue weighted by Crippen LogP contribution is 2.60. The van der Waals surface area contributed by atoms with Gasteiger partial charge < -0.3 is 4.74 Å². The number of benzene rings is 1. The molecule has 6 rings (SSSR count). The summed E-state index contributed by atoms with van der Waals surface area (Å²) in [6.07, 6.45) is 7.38. The summed E-state index contributed by atoms with van der Waals surface area (Å²) >= 11 is 0. The Balaban J connectivity index is 1.32. The summed E-state index contributed by atoms with van der Waals surface area (Å²) in [5.41, 5.74) is 0.497. The third kappa shape index (κ3) is 3.95. The monoisotopic (exact) mass is 445 g/mol. The van der Waals surface area contributed by atoms with E-state index in [9.17, 15) is 18.0 Å². The number of carbonyl (C=O) groups is 2. The van der Waals surface area contributed by atoms with Crippen molar-refractivity contribution in [1.82, 2.24) is 4.72 Å². The maximum atomic E-state index is 13.4. The summed E-state index contributed by atoms with van der Waals surface area (Å²) in [5, 5.41) is 0. The summed E-state index contributed by atoms with van der Waals surface area (Å²) in [6, 6.07) is 4.47. The van der Waals surface area contributed by atoms with Crippen LogP contribution >= 0.6 is 0 Å². The van der Waals surface area contributed by atoms with Crippen LogP contribution in [0.4, 0.5) is 0 Å². The van der Waals surface area contributed by atoms with E-state index in [0.717, 1.165) is 32.1 Å². The first-order valence-corrected chi connectivity index (χ1v) is 13.0. The van der Waals surface area contributed by atoms with Gasteiger partial charge in [0.05, 0.1) is 10.5 Å². The molecule has 1 N–H and O–H groups in total. The lowest BCUT2D eigenvalue weighted by molar-refractivity contribution is -0.152. The minimum atomic E-state index is -3.67. The SMILES string of the molecule is Cc1ccc(S(=O)(=O)NC2CC2)cc1C(=O)OC(C)C(=O)C12CC3CC(CC(C3)C1)C2. The summed E-state index contributed by atoms with van der Waals surface area (Å²) < 4.78 is 33.3. The van der Waals surface area contributed by atoms with Crippen molar-refractivity contribution in [3.05, 3.63) is 29.3 Å². The molecule has 0 spiro atoms. The fourth-order valence-corrected chi connectivity index (χ4v) is 7.93. The molecule has 1 aromatic rings. The number of aryl methyl sites for hydroxylation is 1. The smallest absolute Gasteiger partial charge is 0.339 e. The average Bonchev–Trinajstić information content (AvgIpc) is 3.49. The molecule has 1 unspecified atom stereocenters. The van der Waals surface area contributed by atoms with E-state index in [0.29, 0.717) is 23.3 Å². The van der Waals surface area contributed by atoms with Crippen molar-refractivity contribution in [1.29, 1.82) is 0 Å². The molecule has 0 amide bonds. The number of esters is 1. The van der Waals surface area contributed by atoms with Gasteiger partial charge in [-0.15, -0.1) is 0 Å². The molecule has 6 nitrogen and oxygen atoms in total. The van der Waals surface area contributed by atoms with Crippen LogP contribution in [0.1, 0.15) is 74.2 Å². The molecular formula is C24H31NO5S. The Bertz CT molecular complexity index is 991. The molecule has 5 aliphatic carbocycles. The Morgan fingerprint density at radius 3 is 2.19 bits per heavy atom. The maximum Gasteiger partial charge on any atom is 0.339 e. The Morgan fingerprint density at radius 1 is 1.06 bits per heavy atom. The quantitative estimate of drug-likeness (QED) is 0.646. The van der Waals surface area contributed by atoms with Crippen molar-refractivity contribution < 1.29 is 22.7 Å². The third-order valence-electron chi connectivity index (χ3n) is 7.85. The maximum absolute atomic E-state index is 13.4. The molecule has 5 saturated carbocycles. The number of hydrogen-bond acceptors (Lipinski definition) is 5. The van der Waals surface area contributed by atoms with E-state index in [1.807, 2.05) is 0 Å². The number of rotatable bonds is 7. The number of ether oxygens (including phenoxy) is 1. The molecule has 5 aliphatic rings. The van der Waals surface area contributed by atoms with E-state index in [2.05, 4.69) is 4.72 Å². The van der Waals surface area contributed by atoms with Crippen LogP contribution < -0.4 is 4.72 Å². The van der Waals surface area contributed by atoms with Crippen LogP contribution in [0.2, 0.25) is 0 Å². The van der Waals surface area contributed by atoms with Crippen molar-refractivity contribution >= 4 is 21.8 Å². The summed E-state index contributed by atoms with van der Waals surface area (Å²) in [6.45, 7) is 3.41. The molecule has 4 bridgehead atoms. The standard InChI is InChI=1S/C24H31NO5S/c1-14-3-6-20(31(28,29)25-19-4-5-19)10-21(14)23(27)30-15(2)22(26)24-11-16-7-17(12-24)9-18(8-16)13-24/h3,6,10,15-19,25H,4-5,7-9,11-13H2,1-2H3. The predicted molar refractivity (Wildman–Crippen MR) is 115 cm³/mol. The molecule has 7 heteroatoms. The predicted octanol–water partition coefficient (Wildman–Crippen LogP) is 3.77. The van der Waals surface area contributed by atoms with E-state index in [-0.39, 0.29) is 27.7 Å². The summed E-state index contributed by atoms with van der Waals surface area (Å²) in [7, 11) is -3.67. The van der Waals surface area contributed by atoms with Gasteiger partial charge in [-0.05, 0) is 101 Å². The second-order valence-corrected chi connectivity index (χ2v) is 12.2. The summed E-state index contributed by atoms with van der Waals surface area (Å²) in [5.74, 6) is 1.34. The Morgan fingerprint density at radius 2 is 1.65 bits per heavy atom. The van der Waals surface area contributed by atoms with Crippen LogP contribution in [-0.2, 0) is 19.6 Å². The second-order valence-electron chi connectivity index (χ2n) is 10.5. The van der Waals surface area contributed by atoms with Crippen LogP contribution in [0.25, 0.3) is 0 Å². The van der Waals surface area contributed by atoms with Gasteiger partial charge in [0.25, 0.3) is 0 Å². The molecule has 168 valence electrons. The molecule has 5 fully saturated rings. The average molecular weight is 446 g/mol. The normalized spacial score (nSPS) is 32.6. The number of nitrogens with one attached hydrogen (secondary N) is 1. The zero-order chi connectivity index (χ0) is 22.0. The van der Waals surface area contributed by atoms with Gasteiger partial charge in [0.2, 0.25) is 10.0 Å². The van der Waals surface area contributed by atoms with Gasteiger partial charge >= 0.3 is 5.97 Å². The van der Waals surface area contributed by atoms with Gasteiger partial charge in [-0.3, -0.25) is 4.79 Å². The van der Waals surface area contributed by atoms with E-state index in [1.165, 1.54) is 31.4 Å². The molecule has 1 aromatic carbocycles. The first-order chi connectivity index (χ1) is 14.6. The summed E-state index contributed by atoms with van der Waals surface area (Å²) in [4.78, 5) is 26.4. The lowest BCUT2D eigenvalue weighted by Gasteiger charge is -2.56. The van der Waals surface area contributed by atoms with Crippen LogP contribution in [-0.4, -0.2) is 32.3 Å². The highest BCUT2D eigenvalue weighted by atomic mass is 32.2. The van der Waals surface area contributed by atoms with Crippen LogP contribution in [0.5, 0.6) is 0 Å². The van der Waals surface area contributed by atoms with Gasteiger partial charge in [0, 0.05) is 11.5 Å². The second kappa shape index (κ2) is 7.41. The van der Waals surface area contributed by atoms with Crippen molar-refractivity contribution in [3.63, 3.8) is 0 Å². The number of carbonyl (C=O) groups excluding carboxylic acids is 2. The van der Waals surface area contributed by atoms with Crippen molar-refractivity contribution in [2.75, 3.05) is 0 Å². The number of ketones is 1. The molecule has 1 atom stereocenters. The van der Waals surface area contributed by atoms with E-state index >= 15 is 0 Å². The third-order valence-corrected chi connectivity index (χ3v) is 9.37. The Hall–Kier alpha value is -1.73. The highest BCUT2D eigenvalue weighted by molar-refractivity contribution is 7.89. The van der Waals surface area contributed by atoms with E-state index in [1.54, 1.807) is 19.9 Å². The van der Waals surface area contributed by atoms with Crippen molar-refractivity contribution in [2.45, 2.75) is 82.3 Å². The zero-order valence-electron chi connectivity index (χ0n) is 18.2. The highest BCUT2D eigenvalue weighted by Gasteiger charge is 2.55. The van der Waals surface area contributed by atoms with Gasteiger partial charge in [0.1, 0.15) is 0 Å². The van der Waals surface area contributed by atoms with Crippen LogP contribution in [0, 0.1) is 30.1 Å². The van der Waals surface area contributed by atoms with Gasteiger partial charge in [-0.2, -0.15) is 0 Å². The van der Waals surface area contributed by atoms with Crippen molar-refractivity contribution in [3.8, 4) is 0 Å². The fraction of sp³-hybridized carbons (Fsp3) is 0.667. The first-order valence-electron chi connectivity index (χ1n) is 11.5. The number of Topliss-reactive ketones (excluding diaryl/α,β-unsaturated/α-hetero) is 1. The largest absolute Gasteiger partial charge is 0.451 e. The minimum absolute atomic E-state index is 0.0142. The van der Waals surface area contributed by atoms with Crippen molar-refractivity contribution in [2.24, 2.45) is 23.2 Å². The molecule has 0 saturated heterocycles. The number of hydrogen-bond donors (Lipinski definition) is 1. The molecule has 0 aliphatic heterocycles. The molecular weight excluding hydrogens is 414 g/mol. The molecule has 0 heterocycles. The number of sulfonamides is 1. The lowest BCUT2D eigenvalue weighted by Crippen LogP contribution is -2.52.